The number of rotatable bonds is 2. The zero-order valence-corrected chi connectivity index (χ0v) is 12.4. The van der Waals surface area contributed by atoms with Gasteiger partial charge in [0, 0.05) is 13.0 Å². The number of sulfonamides is 1. The van der Waals surface area contributed by atoms with E-state index in [0.29, 0.717) is 13.1 Å². The molecule has 1 aromatic rings. The summed E-state index contributed by atoms with van der Waals surface area (Å²) in [7, 11) is -3.14. The average molecular weight is 293 g/mol. The summed E-state index contributed by atoms with van der Waals surface area (Å²) in [6, 6.07) is 10.1. The molecule has 2 aliphatic rings. The molecule has 1 spiro atoms. The Labute approximate surface area is 120 Å². The molecule has 20 heavy (non-hydrogen) atoms. The Morgan fingerprint density at radius 2 is 2.00 bits per heavy atom. The predicted molar refractivity (Wildman–Crippen MR) is 78.5 cm³/mol. The largest absolute Gasteiger partial charge is 0.493 e. The topological polar surface area (TPSA) is 46.6 Å². The van der Waals surface area contributed by atoms with E-state index < -0.39 is 10.0 Å². The van der Waals surface area contributed by atoms with Gasteiger partial charge in [0.25, 0.3) is 0 Å². The van der Waals surface area contributed by atoms with Gasteiger partial charge in [-0.3, -0.25) is 0 Å². The smallest absolute Gasteiger partial charge is 0.211 e. The highest BCUT2D eigenvalue weighted by Gasteiger charge is 2.43. The van der Waals surface area contributed by atoms with Gasteiger partial charge in [0.1, 0.15) is 5.60 Å². The zero-order valence-electron chi connectivity index (χ0n) is 11.6. The van der Waals surface area contributed by atoms with Gasteiger partial charge in [0.2, 0.25) is 10.0 Å². The summed E-state index contributed by atoms with van der Waals surface area (Å²) in [6.07, 6.45) is 5.62. The molecule has 1 fully saturated rings. The first-order valence-electron chi connectivity index (χ1n) is 6.86. The van der Waals surface area contributed by atoms with Crippen LogP contribution in [0.4, 0.5) is 0 Å². The van der Waals surface area contributed by atoms with E-state index in [1.807, 2.05) is 18.2 Å². The van der Waals surface area contributed by atoms with E-state index >= 15 is 0 Å². The summed E-state index contributed by atoms with van der Waals surface area (Å²) in [5.41, 5.74) is 1.94. The van der Waals surface area contributed by atoms with E-state index in [2.05, 4.69) is 12.1 Å². The predicted octanol–water partition coefficient (Wildman–Crippen LogP) is 2.24. The first-order chi connectivity index (χ1) is 9.49. The minimum atomic E-state index is -3.14. The number of hydrogen-bond donors (Lipinski definition) is 0. The normalized spacial score (nSPS) is 27.4. The molecule has 1 unspecified atom stereocenters. The Morgan fingerprint density at radius 1 is 1.25 bits per heavy atom. The maximum Gasteiger partial charge on any atom is 0.211 e. The zero-order chi connectivity index (χ0) is 14.2. The second-order valence-corrected chi connectivity index (χ2v) is 7.67. The molecular weight excluding hydrogens is 274 g/mol. The molecule has 0 saturated carbocycles. The van der Waals surface area contributed by atoms with Crippen LogP contribution < -0.4 is 0 Å². The Hall–Kier alpha value is -1.33. The molecule has 108 valence electrons. The van der Waals surface area contributed by atoms with Crippen molar-refractivity contribution in [1.29, 1.82) is 0 Å². The molecule has 3 rings (SSSR count). The van der Waals surface area contributed by atoms with Gasteiger partial charge < -0.3 is 4.74 Å². The molecule has 0 amide bonds. The van der Waals surface area contributed by atoms with Gasteiger partial charge in [-0.15, -0.1) is 0 Å². The number of nitrogens with zero attached hydrogens (tertiary/aromatic N) is 1. The van der Waals surface area contributed by atoms with Crippen molar-refractivity contribution in [2.45, 2.75) is 24.9 Å². The molecule has 0 aliphatic carbocycles. The standard InChI is InChI=1S/C15H19NO3S/c1-20(17,18)16-9-5-8-15(12-16)10-14(11-19-15)13-6-3-2-4-7-13/h2-4,6-7,11H,5,8-10,12H2,1H3. The molecule has 2 aliphatic heterocycles. The Balaban J connectivity index is 1.77. The van der Waals surface area contributed by atoms with Crippen molar-refractivity contribution >= 4 is 15.6 Å². The van der Waals surface area contributed by atoms with Gasteiger partial charge in [-0.2, -0.15) is 4.31 Å². The fourth-order valence-corrected chi connectivity index (χ4v) is 3.96. The fraction of sp³-hybridized carbons (Fsp3) is 0.467. The lowest BCUT2D eigenvalue weighted by Gasteiger charge is -2.38. The third kappa shape index (κ3) is 2.60. The minimum absolute atomic E-state index is 0.369. The second kappa shape index (κ2) is 4.90. The van der Waals surface area contributed by atoms with Crippen molar-refractivity contribution in [3.05, 3.63) is 42.2 Å². The third-order valence-corrected chi connectivity index (χ3v) is 5.33. The lowest BCUT2D eigenvalue weighted by Crippen LogP contribution is -2.49. The summed E-state index contributed by atoms with van der Waals surface area (Å²) < 4.78 is 30.9. The number of piperidine rings is 1. The van der Waals surface area contributed by atoms with E-state index in [1.54, 1.807) is 6.26 Å². The number of hydrogen-bond acceptors (Lipinski definition) is 3. The van der Waals surface area contributed by atoms with Gasteiger partial charge >= 0.3 is 0 Å². The van der Waals surface area contributed by atoms with Crippen molar-refractivity contribution in [3.8, 4) is 0 Å². The summed E-state index contributed by atoms with van der Waals surface area (Å²) >= 11 is 0. The van der Waals surface area contributed by atoms with E-state index in [9.17, 15) is 8.42 Å². The first-order valence-corrected chi connectivity index (χ1v) is 8.71. The summed E-state index contributed by atoms with van der Waals surface area (Å²) in [6.45, 7) is 1.06. The van der Waals surface area contributed by atoms with Gasteiger partial charge in [0.05, 0.1) is 19.1 Å². The molecule has 5 heteroatoms. The van der Waals surface area contributed by atoms with Crippen LogP contribution in [0.1, 0.15) is 24.8 Å². The maximum absolute atomic E-state index is 11.7. The highest BCUT2D eigenvalue weighted by atomic mass is 32.2. The molecule has 0 aromatic heterocycles. The average Bonchev–Trinajstić information content (AvgIpc) is 2.83. The molecule has 1 aromatic carbocycles. The third-order valence-electron chi connectivity index (χ3n) is 4.08. The molecule has 1 saturated heterocycles. The van der Waals surface area contributed by atoms with Crippen LogP contribution in [0, 0.1) is 0 Å². The first kappa shape index (κ1) is 13.6. The second-order valence-electron chi connectivity index (χ2n) is 5.69. The Bertz CT molecular complexity index is 624. The number of benzene rings is 1. The fourth-order valence-electron chi connectivity index (χ4n) is 3.03. The summed E-state index contributed by atoms with van der Waals surface area (Å²) in [4.78, 5) is 0. The summed E-state index contributed by atoms with van der Waals surface area (Å²) in [5, 5.41) is 0. The van der Waals surface area contributed by atoms with Gasteiger partial charge in [-0.1, -0.05) is 30.3 Å². The van der Waals surface area contributed by atoms with Crippen LogP contribution >= 0.6 is 0 Å². The van der Waals surface area contributed by atoms with Crippen molar-refractivity contribution < 1.29 is 13.2 Å². The van der Waals surface area contributed by atoms with Crippen molar-refractivity contribution in [2.75, 3.05) is 19.3 Å². The highest BCUT2D eigenvalue weighted by Crippen LogP contribution is 2.40. The Kier molecular flexibility index (Phi) is 3.34. The van der Waals surface area contributed by atoms with Crippen molar-refractivity contribution in [2.24, 2.45) is 0 Å². The molecule has 0 N–H and O–H groups in total. The van der Waals surface area contributed by atoms with Crippen LogP contribution in [0.2, 0.25) is 0 Å². The van der Waals surface area contributed by atoms with Crippen LogP contribution in [0.25, 0.3) is 5.57 Å². The highest BCUT2D eigenvalue weighted by molar-refractivity contribution is 7.88. The summed E-state index contributed by atoms with van der Waals surface area (Å²) in [5.74, 6) is 0. The van der Waals surface area contributed by atoms with E-state index in [1.165, 1.54) is 10.6 Å². The van der Waals surface area contributed by atoms with Crippen LogP contribution in [0.3, 0.4) is 0 Å². The van der Waals surface area contributed by atoms with Crippen LogP contribution in [-0.4, -0.2) is 37.7 Å². The monoisotopic (exact) mass is 293 g/mol. The molecule has 4 nitrogen and oxygen atoms in total. The SMILES string of the molecule is CS(=O)(=O)N1CCCC2(CC(c3ccccc3)=CO2)C1. The van der Waals surface area contributed by atoms with Gasteiger partial charge in [0.15, 0.2) is 0 Å². The number of ether oxygens (including phenoxy) is 1. The maximum atomic E-state index is 11.7. The Morgan fingerprint density at radius 3 is 2.70 bits per heavy atom. The molecule has 0 radical (unpaired) electrons. The van der Waals surface area contributed by atoms with Gasteiger partial charge in [-0.25, -0.2) is 8.42 Å². The lowest BCUT2D eigenvalue weighted by molar-refractivity contribution is -0.00151. The quantitative estimate of drug-likeness (QED) is 0.840. The van der Waals surface area contributed by atoms with E-state index in [4.69, 9.17) is 4.74 Å². The minimum Gasteiger partial charge on any atom is -0.493 e. The molecule has 2 heterocycles. The van der Waals surface area contributed by atoms with Crippen LogP contribution in [0.5, 0.6) is 0 Å². The van der Waals surface area contributed by atoms with Crippen molar-refractivity contribution in [3.63, 3.8) is 0 Å². The van der Waals surface area contributed by atoms with E-state index in [0.717, 1.165) is 30.4 Å². The molecule has 1 atom stereocenters. The molecular formula is C15H19NO3S. The van der Waals surface area contributed by atoms with Gasteiger partial charge in [-0.05, 0) is 24.0 Å². The van der Waals surface area contributed by atoms with Crippen molar-refractivity contribution in [1.82, 2.24) is 4.31 Å². The van der Waals surface area contributed by atoms with Crippen LogP contribution in [-0.2, 0) is 14.8 Å². The van der Waals surface area contributed by atoms with E-state index in [-0.39, 0.29) is 5.60 Å². The molecule has 0 bridgehead atoms. The van der Waals surface area contributed by atoms with Crippen LogP contribution in [0.15, 0.2) is 36.6 Å². The lowest BCUT2D eigenvalue weighted by atomic mass is 9.87.